The molecule has 0 spiro atoms. The third-order valence-electron chi connectivity index (χ3n) is 12.0. The molecule has 70 heavy (non-hydrogen) atoms. The zero-order valence-electron chi connectivity index (χ0n) is 40.2. The van der Waals surface area contributed by atoms with Crippen molar-refractivity contribution >= 4 is 34.8 Å². The maximum atomic E-state index is 13.0. The molecule has 2 fully saturated rings. The van der Waals surface area contributed by atoms with Gasteiger partial charge in [0.2, 0.25) is 11.8 Å². The van der Waals surface area contributed by atoms with E-state index in [9.17, 15) is 22.8 Å². The molecule has 2 saturated heterocycles. The molecule has 368 valence electrons. The van der Waals surface area contributed by atoms with Gasteiger partial charge in [-0.05, 0) is 129 Å². The SMILES string of the molecule is CN1CCC(Oc2cc(CNc3ncccc3C(=O)Nc3ccc(C(C)(C)C)cc3)ccn2)CC1.CN1CCC(Oc2cc(CNc3ncccc3C(=O)Nc3cccc(C(F)(F)F)c3)ccn2)CC1. The van der Waals surface area contributed by atoms with Gasteiger partial charge in [-0.1, -0.05) is 39.0 Å². The Kier molecular flexibility index (Phi) is 17.0. The summed E-state index contributed by atoms with van der Waals surface area (Å²) in [5, 5.41) is 11.9. The summed E-state index contributed by atoms with van der Waals surface area (Å²) in [5.74, 6) is 1.25. The van der Waals surface area contributed by atoms with Crippen molar-refractivity contribution in [3.63, 3.8) is 0 Å². The number of rotatable bonds is 14. The lowest BCUT2D eigenvalue weighted by Gasteiger charge is -2.29. The highest BCUT2D eigenvalue weighted by molar-refractivity contribution is 6.08. The molecule has 2 aromatic carbocycles. The first kappa shape index (κ1) is 50.8. The van der Waals surface area contributed by atoms with Crippen LogP contribution in [-0.2, 0) is 24.7 Å². The van der Waals surface area contributed by atoms with Crippen molar-refractivity contribution in [3.8, 4) is 11.8 Å². The zero-order chi connectivity index (χ0) is 49.7. The van der Waals surface area contributed by atoms with Gasteiger partial charge in [0, 0.05) is 87.6 Å². The summed E-state index contributed by atoms with van der Waals surface area (Å²) < 4.78 is 51.1. The number of likely N-dealkylation sites (tertiary alicyclic amines) is 2. The number of alkyl halides is 3. The predicted octanol–water partition coefficient (Wildman–Crippen LogP) is 9.94. The number of nitrogens with zero attached hydrogens (tertiary/aromatic N) is 6. The van der Waals surface area contributed by atoms with Crippen molar-refractivity contribution in [2.75, 3.05) is 61.5 Å². The molecular weight excluding hydrogens is 898 g/mol. The number of aromatic nitrogens is 4. The molecule has 0 aliphatic carbocycles. The highest BCUT2D eigenvalue weighted by Gasteiger charge is 2.31. The lowest BCUT2D eigenvalue weighted by Crippen LogP contribution is -2.35. The van der Waals surface area contributed by atoms with E-state index in [1.165, 1.54) is 23.9 Å². The van der Waals surface area contributed by atoms with Crippen molar-refractivity contribution in [3.05, 3.63) is 155 Å². The maximum absolute atomic E-state index is 13.0. The Hall–Kier alpha value is -7.11. The molecule has 0 saturated carbocycles. The van der Waals surface area contributed by atoms with Crippen LogP contribution in [0.5, 0.6) is 11.8 Å². The molecule has 0 atom stereocenters. The Labute approximate surface area is 407 Å². The van der Waals surface area contributed by atoms with Crippen LogP contribution in [0, 0.1) is 0 Å². The molecule has 8 rings (SSSR count). The van der Waals surface area contributed by atoms with Crippen LogP contribution in [0.3, 0.4) is 0 Å². The van der Waals surface area contributed by atoms with Crippen LogP contribution in [0.2, 0.25) is 0 Å². The van der Waals surface area contributed by atoms with E-state index in [0.29, 0.717) is 42.0 Å². The lowest BCUT2D eigenvalue weighted by atomic mass is 9.87. The third kappa shape index (κ3) is 14.9. The molecule has 4 N–H and O–H groups in total. The molecule has 6 heterocycles. The van der Waals surface area contributed by atoms with Crippen LogP contribution in [0.15, 0.2) is 122 Å². The first-order valence-electron chi connectivity index (χ1n) is 23.4. The number of hydrogen-bond acceptors (Lipinski definition) is 12. The summed E-state index contributed by atoms with van der Waals surface area (Å²) in [5.41, 5.74) is 3.84. The largest absolute Gasteiger partial charge is 0.474 e. The minimum absolute atomic E-state index is 0.0458. The average molecular weight is 959 g/mol. The number of halogens is 3. The maximum Gasteiger partial charge on any atom is 0.416 e. The van der Waals surface area contributed by atoms with Gasteiger partial charge in [0.05, 0.1) is 16.7 Å². The average Bonchev–Trinajstić information content (AvgIpc) is 3.34. The Balaban J connectivity index is 0.000000206. The Morgan fingerprint density at radius 2 is 1.04 bits per heavy atom. The van der Waals surface area contributed by atoms with Crippen LogP contribution in [0.25, 0.3) is 0 Å². The number of anilines is 4. The van der Waals surface area contributed by atoms with Gasteiger partial charge in [-0.25, -0.2) is 19.9 Å². The Morgan fingerprint density at radius 1 is 0.571 bits per heavy atom. The molecule has 17 heteroatoms. The molecule has 0 bridgehead atoms. The number of hydrogen-bond donors (Lipinski definition) is 4. The molecule has 2 aliphatic heterocycles. The van der Waals surface area contributed by atoms with Crippen LogP contribution in [0.4, 0.5) is 36.2 Å². The molecule has 2 aliphatic rings. The number of pyridine rings is 4. The Bertz CT molecular complexity index is 2660. The van der Waals surface area contributed by atoms with Crippen molar-refractivity contribution in [1.29, 1.82) is 0 Å². The topological polar surface area (TPSA) is 159 Å². The first-order valence-corrected chi connectivity index (χ1v) is 23.4. The second-order valence-electron chi connectivity index (χ2n) is 18.6. The molecule has 4 aromatic heterocycles. The molecule has 6 aromatic rings. The summed E-state index contributed by atoms with van der Waals surface area (Å²) in [6, 6.07) is 26.7. The number of amides is 2. The second-order valence-corrected chi connectivity index (χ2v) is 18.6. The van der Waals surface area contributed by atoms with Gasteiger partial charge < -0.3 is 40.5 Å². The second kappa shape index (κ2) is 23.5. The van der Waals surface area contributed by atoms with Gasteiger partial charge in [0.15, 0.2) is 0 Å². The van der Waals surface area contributed by atoms with Crippen LogP contribution >= 0.6 is 0 Å². The van der Waals surface area contributed by atoms with Gasteiger partial charge in [-0.3, -0.25) is 9.59 Å². The number of nitrogens with one attached hydrogen (secondary N) is 4. The van der Waals surface area contributed by atoms with Crippen LogP contribution in [-0.4, -0.2) is 94.0 Å². The zero-order valence-corrected chi connectivity index (χ0v) is 40.2. The smallest absolute Gasteiger partial charge is 0.416 e. The quantitative estimate of drug-likeness (QED) is 0.0820. The highest BCUT2D eigenvalue weighted by Crippen LogP contribution is 2.31. The van der Waals surface area contributed by atoms with Crippen molar-refractivity contribution in [1.82, 2.24) is 29.7 Å². The van der Waals surface area contributed by atoms with Gasteiger partial charge >= 0.3 is 6.18 Å². The van der Waals surface area contributed by atoms with E-state index in [-0.39, 0.29) is 34.8 Å². The van der Waals surface area contributed by atoms with Crippen molar-refractivity contribution in [2.45, 2.75) is 83.3 Å². The molecule has 2 amide bonds. The summed E-state index contributed by atoms with van der Waals surface area (Å²) in [6.45, 7) is 11.4. The standard InChI is InChI=1S/C28H35N5O2.C25H26F3N5O2/c1-28(2,3)21-7-9-22(10-8-21)32-27(34)24-6-5-14-30-26(24)31-19-20-11-15-29-25(18-20)35-23-12-16-33(4)17-13-23;1-33-12-8-20(9-13-33)35-22-14-17(7-11-29-22)16-31-23-21(6-3-10-30-23)24(34)32-19-5-2-4-18(15-19)25(26,27)28/h5-11,14-15,18,23H,12-13,16-17,19H2,1-4H3,(H,30,31)(H,32,34);2-7,10-11,14-15,20H,8-9,12-13,16H2,1H3,(H,30,31)(H,32,34). The van der Waals surface area contributed by atoms with E-state index in [4.69, 9.17) is 9.47 Å². The van der Waals surface area contributed by atoms with Gasteiger partial charge in [-0.2, -0.15) is 13.2 Å². The van der Waals surface area contributed by atoms with Gasteiger partial charge in [0.1, 0.15) is 23.8 Å². The third-order valence-corrected chi connectivity index (χ3v) is 12.0. The van der Waals surface area contributed by atoms with Gasteiger partial charge in [-0.15, -0.1) is 0 Å². The number of benzene rings is 2. The summed E-state index contributed by atoms with van der Waals surface area (Å²) in [4.78, 5) is 47.7. The summed E-state index contributed by atoms with van der Waals surface area (Å²) in [6.07, 6.45) is 6.37. The molecule has 0 radical (unpaired) electrons. The van der Waals surface area contributed by atoms with E-state index in [0.717, 1.165) is 80.8 Å². The molecule has 0 unspecified atom stereocenters. The fraction of sp³-hybridized carbons (Fsp3) is 0.358. The molecular formula is C53H61F3N10O4. The fourth-order valence-corrected chi connectivity index (χ4v) is 7.85. The van der Waals surface area contributed by atoms with E-state index >= 15 is 0 Å². The minimum Gasteiger partial charge on any atom is -0.474 e. The Morgan fingerprint density at radius 3 is 1.50 bits per heavy atom. The van der Waals surface area contributed by atoms with E-state index in [1.54, 1.807) is 42.9 Å². The van der Waals surface area contributed by atoms with Crippen LogP contribution in [0.1, 0.15) is 89.4 Å². The summed E-state index contributed by atoms with van der Waals surface area (Å²) in [7, 11) is 4.22. The molecule has 14 nitrogen and oxygen atoms in total. The van der Waals surface area contributed by atoms with E-state index in [1.807, 2.05) is 48.5 Å². The van der Waals surface area contributed by atoms with Crippen LogP contribution < -0.4 is 30.7 Å². The summed E-state index contributed by atoms with van der Waals surface area (Å²) >= 11 is 0. The first-order chi connectivity index (χ1) is 33.6. The van der Waals surface area contributed by atoms with E-state index in [2.05, 4.69) is 85.9 Å². The monoisotopic (exact) mass is 958 g/mol. The number of carbonyl (C=O) groups is 2. The van der Waals surface area contributed by atoms with E-state index < -0.39 is 17.6 Å². The highest BCUT2D eigenvalue weighted by atomic mass is 19.4. The van der Waals surface area contributed by atoms with Crippen molar-refractivity contribution < 1.29 is 32.2 Å². The lowest BCUT2D eigenvalue weighted by molar-refractivity contribution is -0.137. The number of ether oxygens (including phenoxy) is 2. The number of piperidine rings is 2. The van der Waals surface area contributed by atoms with Gasteiger partial charge in [0.25, 0.3) is 11.8 Å². The normalized spacial score (nSPS) is 15.0. The fourth-order valence-electron chi connectivity index (χ4n) is 7.85. The minimum atomic E-state index is -4.50. The van der Waals surface area contributed by atoms with Crippen molar-refractivity contribution in [2.24, 2.45) is 0 Å². The number of carbonyl (C=O) groups excluding carboxylic acids is 2. The predicted molar refractivity (Wildman–Crippen MR) is 266 cm³/mol.